The van der Waals surface area contributed by atoms with Gasteiger partial charge in [-0.25, -0.2) is 13.1 Å². The van der Waals surface area contributed by atoms with Crippen LogP contribution in [0.2, 0.25) is 0 Å². The zero-order valence-electron chi connectivity index (χ0n) is 10.5. The van der Waals surface area contributed by atoms with Crippen molar-refractivity contribution in [3.05, 3.63) is 28.2 Å². The van der Waals surface area contributed by atoms with Crippen molar-refractivity contribution in [1.29, 1.82) is 0 Å². The molecule has 17 heavy (non-hydrogen) atoms. The summed E-state index contributed by atoms with van der Waals surface area (Å²) >= 11 is 3.29. The van der Waals surface area contributed by atoms with E-state index in [4.69, 9.17) is 0 Å². The van der Waals surface area contributed by atoms with Crippen LogP contribution in [0.1, 0.15) is 26.3 Å². The van der Waals surface area contributed by atoms with Gasteiger partial charge < -0.3 is 0 Å². The monoisotopic (exact) mass is 319 g/mol. The van der Waals surface area contributed by atoms with Crippen molar-refractivity contribution >= 4 is 26.0 Å². The Labute approximate surface area is 112 Å². The van der Waals surface area contributed by atoms with Crippen LogP contribution in [-0.4, -0.2) is 15.0 Å². The number of hydrogen-bond donors (Lipinski definition) is 1. The maximum absolute atomic E-state index is 12.1. The third kappa shape index (κ3) is 4.41. The van der Waals surface area contributed by atoms with E-state index in [9.17, 15) is 8.42 Å². The Morgan fingerprint density at radius 2 is 1.88 bits per heavy atom. The molecule has 3 nitrogen and oxygen atoms in total. The van der Waals surface area contributed by atoms with E-state index in [1.165, 1.54) is 0 Å². The van der Waals surface area contributed by atoms with Crippen LogP contribution in [0.15, 0.2) is 27.6 Å². The summed E-state index contributed by atoms with van der Waals surface area (Å²) in [7, 11) is -3.43. The molecule has 5 heteroatoms. The van der Waals surface area contributed by atoms with Gasteiger partial charge in [0.15, 0.2) is 0 Å². The molecule has 0 atom stereocenters. The second-order valence-electron chi connectivity index (χ2n) is 5.30. The average Bonchev–Trinajstić information content (AvgIpc) is 2.18. The molecule has 1 N–H and O–H groups in total. The molecule has 0 saturated heterocycles. The molecular weight excluding hydrogens is 302 g/mol. The van der Waals surface area contributed by atoms with Gasteiger partial charge in [0, 0.05) is 11.0 Å². The van der Waals surface area contributed by atoms with Crippen molar-refractivity contribution in [3.8, 4) is 0 Å². The fourth-order valence-corrected chi connectivity index (χ4v) is 3.32. The SMILES string of the molecule is Cc1ccc(Br)cc1S(=O)(=O)NCC(C)(C)C. The number of halogens is 1. The van der Waals surface area contributed by atoms with Crippen molar-refractivity contribution in [2.75, 3.05) is 6.54 Å². The molecule has 0 bridgehead atoms. The quantitative estimate of drug-likeness (QED) is 0.930. The summed E-state index contributed by atoms with van der Waals surface area (Å²) in [5.41, 5.74) is 0.669. The van der Waals surface area contributed by atoms with Crippen molar-refractivity contribution in [2.45, 2.75) is 32.6 Å². The van der Waals surface area contributed by atoms with Crippen LogP contribution in [0.3, 0.4) is 0 Å². The highest BCUT2D eigenvalue weighted by atomic mass is 79.9. The van der Waals surface area contributed by atoms with Gasteiger partial charge in [0.25, 0.3) is 0 Å². The van der Waals surface area contributed by atoms with Gasteiger partial charge in [0.2, 0.25) is 10.0 Å². The summed E-state index contributed by atoms with van der Waals surface area (Å²) in [4.78, 5) is 0.330. The molecule has 0 aliphatic carbocycles. The molecule has 0 spiro atoms. The third-order valence-electron chi connectivity index (χ3n) is 2.23. The highest BCUT2D eigenvalue weighted by Gasteiger charge is 2.20. The maximum atomic E-state index is 12.1. The molecule has 0 amide bonds. The first-order chi connectivity index (χ1) is 7.62. The van der Waals surface area contributed by atoms with Gasteiger partial charge in [-0.15, -0.1) is 0 Å². The minimum absolute atomic E-state index is 0.0764. The van der Waals surface area contributed by atoms with Gasteiger partial charge in [-0.05, 0) is 30.0 Å². The molecule has 0 radical (unpaired) electrons. The molecule has 0 aromatic heterocycles. The van der Waals surface area contributed by atoms with Crippen LogP contribution >= 0.6 is 15.9 Å². The molecule has 0 saturated carbocycles. The van der Waals surface area contributed by atoms with Gasteiger partial charge >= 0.3 is 0 Å². The maximum Gasteiger partial charge on any atom is 0.240 e. The highest BCUT2D eigenvalue weighted by molar-refractivity contribution is 9.10. The molecule has 1 rings (SSSR count). The lowest BCUT2D eigenvalue weighted by atomic mass is 9.98. The van der Waals surface area contributed by atoms with Crippen LogP contribution in [-0.2, 0) is 10.0 Å². The number of rotatable bonds is 3. The first-order valence-electron chi connectivity index (χ1n) is 5.38. The van der Waals surface area contributed by atoms with Crippen molar-refractivity contribution in [3.63, 3.8) is 0 Å². The lowest BCUT2D eigenvalue weighted by molar-refractivity contribution is 0.407. The number of benzene rings is 1. The second kappa shape index (κ2) is 5.08. The Balaban J connectivity index is 3.02. The minimum atomic E-state index is -3.43. The lowest BCUT2D eigenvalue weighted by Gasteiger charge is -2.19. The van der Waals surface area contributed by atoms with E-state index in [0.717, 1.165) is 10.0 Å². The fraction of sp³-hybridized carbons (Fsp3) is 0.500. The summed E-state index contributed by atoms with van der Waals surface area (Å²) < 4.78 is 27.6. The predicted molar refractivity (Wildman–Crippen MR) is 73.5 cm³/mol. The molecule has 0 unspecified atom stereocenters. The fourth-order valence-electron chi connectivity index (χ4n) is 1.25. The first-order valence-corrected chi connectivity index (χ1v) is 7.65. The molecule has 96 valence electrons. The van der Waals surface area contributed by atoms with Gasteiger partial charge in [0.1, 0.15) is 0 Å². The van der Waals surface area contributed by atoms with Gasteiger partial charge in [-0.1, -0.05) is 42.8 Å². The van der Waals surface area contributed by atoms with E-state index in [0.29, 0.717) is 11.4 Å². The minimum Gasteiger partial charge on any atom is -0.211 e. The smallest absolute Gasteiger partial charge is 0.211 e. The molecular formula is C12H18BrNO2S. The summed E-state index contributed by atoms with van der Waals surface area (Å²) in [6, 6.07) is 5.24. The summed E-state index contributed by atoms with van der Waals surface area (Å²) in [6.07, 6.45) is 0. The summed E-state index contributed by atoms with van der Waals surface area (Å²) in [5, 5.41) is 0. The normalized spacial score (nSPS) is 12.8. The van der Waals surface area contributed by atoms with Crippen LogP contribution in [0.4, 0.5) is 0 Å². The number of sulfonamides is 1. The largest absolute Gasteiger partial charge is 0.240 e. The molecule has 0 aliphatic rings. The van der Waals surface area contributed by atoms with Crippen LogP contribution in [0.5, 0.6) is 0 Å². The molecule has 0 heterocycles. The number of nitrogens with one attached hydrogen (secondary N) is 1. The Morgan fingerprint density at radius 1 is 1.29 bits per heavy atom. The Morgan fingerprint density at radius 3 is 2.41 bits per heavy atom. The van der Waals surface area contributed by atoms with Crippen molar-refractivity contribution in [1.82, 2.24) is 4.72 Å². The van der Waals surface area contributed by atoms with Gasteiger partial charge in [-0.2, -0.15) is 0 Å². The summed E-state index contributed by atoms with van der Waals surface area (Å²) in [6.45, 7) is 8.18. The molecule has 1 aromatic carbocycles. The van der Waals surface area contributed by atoms with E-state index in [1.54, 1.807) is 19.1 Å². The van der Waals surface area contributed by atoms with Gasteiger partial charge in [-0.3, -0.25) is 0 Å². The first kappa shape index (κ1) is 14.7. The second-order valence-corrected chi connectivity index (χ2v) is 7.95. The number of aryl methyl sites for hydroxylation is 1. The Kier molecular flexibility index (Phi) is 4.38. The Bertz CT molecular complexity index is 504. The molecule has 0 aliphatic heterocycles. The zero-order valence-corrected chi connectivity index (χ0v) is 12.9. The van der Waals surface area contributed by atoms with Crippen molar-refractivity contribution in [2.24, 2.45) is 5.41 Å². The average molecular weight is 320 g/mol. The lowest BCUT2D eigenvalue weighted by Crippen LogP contribution is -2.32. The van der Waals surface area contributed by atoms with E-state index in [1.807, 2.05) is 26.8 Å². The molecule has 0 fully saturated rings. The van der Waals surface area contributed by atoms with E-state index < -0.39 is 10.0 Å². The van der Waals surface area contributed by atoms with E-state index in [2.05, 4.69) is 20.7 Å². The van der Waals surface area contributed by atoms with Gasteiger partial charge in [0.05, 0.1) is 4.90 Å². The predicted octanol–water partition coefficient (Wildman–Crippen LogP) is 3.08. The molecule has 1 aromatic rings. The van der Waals surface area contributed by atoms with Crippen LogP contribution in [0, 0.1) is 12.3 Å². The third-order valence-corrected chi connectivity index (χ3v) is 4.27. The van der Waals surface area contributed by atoms with E-state index >= 15 is 0 Å². The van der Waals surface area contributed by atoms with Crippen LogP contribution < -0.4 is 4.72 Å². The van der Waals surface area contributed by atoms with Crippen LogP contribution in [0.25, 0.3) is 0 Å². The highest BCUT2D eigenvalue weighted by Crippen LogP contribution is 2.21. The standard InChI is InChI=1S/C12H18BrNO2S/c1-9-5-6-10(13)7-11(9)17(15,16)14-8-12(2,3)4/h5-7,14H,8H2,1-4H3. The van der Waals surface area contributed by atoms with Crippen molar-refractivity contribution < 1.29 is 8.42 Å². The van der Waals surface area contributed by atoms with E-state index in [-0.39, 0.29) is 5.41 Å². The number of hydrogen-bond acceptors (Lipinski definition) is 2. The topological polar surface area (TPSA) is 46.2 Å². The Hall–Kier alpha value is -0.390. The summed E-state index contributed by atoms with van der Waals surface area (Å²) in [5.74, 6) is 0. The zero-order chi connectivity index (χ0) is 13.3.